The number of hydrazine groups is 1. The van der Waals surface area contributed by atoms with E-state index in [-0.39, 0.29) is 0 Å². The van der Waals surface area contributed by atoms with Gasteiger partial charge in [0.05, 0.1) is 0 Å². The average Bonchev–Trinajstić information content (AvgIpc) is 2.36. The van der Waals surface area contributed by atoms with Gasteiger partial charge in [0.2, 0.25) is 5.95 Å². The molecule has 0 saturated heterocycles. The van der Waals surface area contributed by atoms with E-state index in [0.717, 1.165) is 18.9 Å². The van der Waals surface area contributed by atoms with Crippen molar-refractivity contribution in [3.05, 3.63) is 12.4 Å². The predicted molar refractivity (Wildman–Crippen MR) is 40.3 cm³/mol. The molecule has 1 aromatic heterocycles. The quantitative estimate of drug-likeness (QED) is 0.477. The number of anilines is 1. The van der Waals surface area contributed by atoms with E-state index in [0.29, 0.717) is 0 Å². The number of hydrogen-bond acceptors (Lipinski definition) is 3. The van der Waals surface area contributed by atoms with Crippen LogP contribution in [0.3, 0.4) is 0 Å². The Morgan fingerprint density at radius 3 is 3.20 bits per heavy atom. The minimum Gasteiger partial charge on any atom is -0.316 e. The van der Waals surface area contributed by atoms with Gasteiger partial charge in [0, 0.05) is 18.9 Å². The summed E-state index contributed by atoms with van der Waals surface area (Å²) < 4.78 is 1.97. The molecule has 56 valence electrons. The number of rotatable bonds is 3. The molecule has 0 spiro atoms. The van der Waals surface area contributed by atoms with Gasteiger partial charge >= 0.3 is 0 Å². The molecule has 0 saturated carbocycles. The number of nitrogens with two attached hydrogens (primary N) is 1. The molecule has 0 aliphatic carbocycles. The number of aromatic nitrogens is 2. The van der Waals surface area contributed by atoms with Crippen molar-refractivity contribution < 1.29 is 0 Å². The predicted octanol–water partition coefficient (Wildman–Crippen LogP) is 0.579. The van der Waals surface area contributed by atoms with Crippen molar-refractivity contribution in [3.63, 3.8) is 0 Å². The van der Waals surface area contributed by atoms with E-state index in [1.165, 1.54) is 0 Å². The van der Waals surface area contributed by atoms with Crippen molar-refractivity contribution in [3.8, 4) is 0 Å². The van der Waals surface area contributed by atoms with Crippen LogP contribution in [0.2, 0.25) is 0 Å². The van der Waals surface area contributed by atoms with Crippen LogP contribution in [0.25, 0.3) is 0 Å². The largest absolute Gasteiger partial charge is 0.316 e. The van der Waals surface area contributed by atoms with E-state index in [1.807, 2.05) is 10.8 Å². The molecule has 4 nitrogen and oxygen atoms in total. The number of imidazole rings is 1. The van der Waals surface area contributed by atoms with Gasteiger partial charge in [-0.2, -0.15) is 0 Å². The minimum atomic E-state index is 0.724. The number of nitrogen functional groups attached to an aromatic ring is 1. The molecule has 1 heterocycles. The fraction of sp³-hybridized carbons (Fsp3) is 0.500. The summed E-state index contributed by atoms with van der Waals surface area (Å²) in [7, 11) is 0. The second-order valence-electron chi connectivity index (χ2n) is 2.09. The third kappa shape index (κ3) is 1.27. The Bertz CT molecular complexity index is 193. The van der Waals surface area contributed by atoms with Gasteiger partial charge in [-0.25, -0.2) is 10.8 Å². The molecule has 0 unspecified atom stereocenters. The zero-order valence-electron chi connectivity index (χ0n) is 6.04. The molecule has 0 aromatic carbocycles. The summed E-state index contributed by atoms with van der Waals surface area (Å²) in [5, 5.41) is 0. The van der Waals surface area contributed by atoms with Crippen LogP contribution in [-0.2, 0) is 6.54 Å². The summed E-state index contributed by atoms with van der Waals surface area (Å²) in [6.45, 7) is 3.07. The van der Waals surface area contributed by atoms with Crippen LogP contribution >= 0.6 is 0 Å². The first-order chi connectivity index (χ1) is 4.88. The van der Waals surface area contributed by atoms with Crippen LogP contribution in [-0.4, -0.2) is 9.55 Å². The van der Waals surface area contributed by atoms with Crippen molar-refractivity contribution in [1.82, 2.24) is 9.55 Å². The van der Waals surface area contributed by atoms with Gasteiger partial charge in [0.15, 0.2) is 0 Å². The maximum atomic E-state index is 5.19. The van der Waals surface area contributed by atoms with Gasteiger partial charge in [-0.3, -0.25) is 5.43 Å². The minimum absolute atomic E-state index is 0.724. The fourth-order valence-electron chi connectivity index (χ4n) is 0.871. The molecule has 0 aliphatic heterocycles. The third-order valence-electron chi connectivity index (χ3n) is 1.31. The van der Waals surface area contributed by atoms with Crippen LogP contribution in [0.15, 0.2) is 12.4 Å². The monoisotopic (exact) mass is 140 g/mol. The van der Waals surface area contributed by atoms with Crippen LogP contribution in [0, 0.1) is 0 Å². The Morgan fingerprint density at radius 2 is 2.60 bits per heavy atom. The number of aryl methyl sites for hydroxylation is 1. The highest BCUT2D eigenvalue weighted by Crippen LogP contribution is 2.01. The highest BCUT2D eigenvalue weighted by Gasteiger charge is 1.96. The molecular weight excluding hydrogens is 128 g/mol. The highest BCUT2D eigenvalue weighted by atomic mass is 15.3. The fourth-order valence-corrected chi connectivity index (χ4v) is 0.871. The van der Waals surface area contributed by atoms with Crippen LogP contribution in [0.5, 0.6) is 0 Å². The Kier molecular flexibility index (Phi) is 2.28. The molecule has 0 atom stereocenters. The lowest BCUT2D eigenvalue weighted by Gasteiger charge is -2.02. The molecule has 1 rings (SSSR count). The molecule has 4 heteroatoms. The Labute approximate surface area is 60.0 Å². The van der Waals surface area contributed by atoms with E-state index >= 15 is 0 Å². The Balaban J connectivity index is 2.70. The lowest BCUT2D eigenvalue weighted by atomic mass is 10.5. The van der Waals surface area contributed by atoms with E-state index < -0.39 is 0 Å². The molecule has 0 bridgehead atoms. The zero-order chi connectivity index (χ0) is 7.40. The summed E-state index contributed by atoms with van der Waals surface area (Å²) in [6.07, 6.45) is 4.72. The SMILES string of the molecule is CCCn1ccnc1NN. The molecule has 0 aliphatic rings. The van der Waals surface area contributed by atoms with Crippen LogP contribution < -0.4 is 11.3 Å². The standard InChI is InChI=1S/C6H12N4/c1-2-4-10-5-3-8-6(10)9-7/h3,5H,2,4,7H2,1H3,(H,8,9). The van der Waals surface area contributed by atoms with E-state index in [4.69, 9.17) is 5.84 Å². The van der Waals surface area contributed by atoms with E-state index in [9.17, 15) is 0 Å². The first-order valence-corrected chi connectivity index (χ1v) is 3.36. The summed E-state index contributed by atoms with van der Waals surface area (Å²) in [5.74, 6) is 5.92. The van der Waals surface area contributed by atoms with Gasteiger partial charge in [-0.1, -0.05) is 6.92 Å². The maximum absolute atomic E-state index is 5.19. The molecule has 10 heavy (non-hydrogen) atoms. The normalized spacial score (nSPS) is 9.80. The molecule has 1 aromatic rings. The van der Waals surface area contributed by atoms with Crippen molar-refractivity contribution in [1.29, 1.82) is 0 Å². The molecule has 0 fully saturated rings. The second-order valence-corrected chi connectivity index (χ2v) is 2.09. The van der Waals surface area contributed by atoms with E-state index in [2.05, 4.69) is 17.3 Å². The lowest BCUT2D eigenvalue weighted by molar-refractivity contribution is 0.683. The number of nitrogens with one attached hydrogen (secondary N) is 1. The molecule has 0 amide bonds. The topological polar surface area (TPSA) is 55.9 Å². The molecular formula is C6H12N4. The van der Waals surface area contributed by atoms with Gasteiger partial charge in [0.1, 0.15) is 0 Å². The summed E-state index contributed by atoms with van der Waals surface area (Å²) in [4.78, 5) is 3.98. The van der Waals surface area contributed by atoms with Crippen molar-refractivity contribution in [2.75, 3.05) is 5.43 Å². The van der Waals surface area contributed by atoms with Gasteiger partial charge < -0.3 is 4.57 Å². The van der Waals surface area contributed by atoms with E-state index in [1.54, 1.807) is 6.20 Å². The lowest BCUT2D eigenvalue weighted by Crippen LogP contribution is -2.12. The smallest absolute Gasteiger partial charge is 0.217 e. The summed E-state index contributed by atoms with van der Waals surface area (Å²) in [5.41, 5.74) is 2.51. The summed E-state index contributed by atoms with van der Waals surface area (Å²) in [6, 6.07) is 0. The zero-order valence-corrected chi connectivity index (χ0v) is 6.04. The second kappa shape index (κ2) is 3.22. The highest BCUT2D eigenvalue weighted by molar-refractivity contribution is 5.22. The average molecular weight is 140 g/mol. The number of nitrogens with zero attached hydrogens (tertiary/aromatic N) is 2. The Hall–Kier alpha value is -1.03. The van der Waals surface area contributed by atoms with Gasteiger partial charge in [0.25, 0.3) is 0 Å². The van der Waals surface area contributed by atoms with Crippen LogP contribution in [0.1, 0.15) is 13.3 Å². The Morgan fingerprint density at radius 1 is 1.80 bits per heavy atom. The van der Waals surface area contributed by atoms with Gasteiger partial charge in [-0.15, -0.1) is 0 Å². The first-order valence-electron chi connectivity index (χ1n) is 3.36. The first kappa shape index (κ1) is 7.08. The van der Waals surface area contributed by atoms with Crippen molar-refractivity contribution in [2.45, 2.75) is 19.9 Å². The summed E-state index contributed by atoms with van der Waals surface area (Å²) >= 11 is 0. The molecule has 3 N–H and O–H groups in total. The van der Waals surface area contributed by atoms with Crippen LogP contribution in [0.4, 0.5) is 5.95 Å². The maximum Gasteiger partial charge on any atom is 0.217 e. The van der Waals surface area contributed by atoms with Crippen molar-refractivity contribution >= 4 is 5.95 Å². The number of hydrogen-bond donors (Lipinski definition) is 2. The van der Waals surface area contributed by atoms with Gasteiger partial charge in [-0.05, 0) is 6.42 Å². The molecule has 0 radical (unpaired) electrons. The third-order valence-corrected chi connectivity index (χ3v) is 1.31. The van der Waals surface area contributed by atoms with Crippen molar-refractivity contribution in [2.24, 2.45) is 5.84 Å².